The van der Waals surface area contributed by atoms with E-state index in [1.165, 1.54) is 16.8 Å². The van der Waals surface area contributed by atoms with Crippen molar-refractivity contribution in [2.45, 2.75) is 6.54 Å². The molecule has 1 amide bonds. The van der Waals surface area contributed by atoms with E-state index in [1.807, 2.05) is 36.4 Å². The molecule has 5 nitrogen and oxygen atoms in total. The van der Waals surface area contributed by atoms with Crippen LogP contribution in [0.4, 0.5) is 0 Å². The summed E-state index contributed by atoms with van der Waals surface area (Å²) in [4.78, 5) is 23.2. The van der Waals surface area contributed by atoms with E-state index in [0.29, 0.717) is 0 Å². The lowest BCUT2D eigenvalue weighted by molar-refractivity contribution is -0.121. The van der Waals surface area contributed by atoms with Gasteiger partial charge in [-0.3, -0.25) is 9.59 Å². The van der Waals surface area contributed by atoms with E-state index in [4.69, 9.17) is 0 Å². The highest BCUT2D eigenvalue weighted by Crippen LogP contribution is 2.09. The lowest BCUT2D eigenvalue weighted by Gasteiger charge is -2.02. The van der Waals surface area contributed by atoms with Crippen LogP contribution >= 0.6 is 15.9 Å². The summed E-state index contributed by atoms with van der Waals surface area (Å²) in [6.07, 6.45) is 4.91. The van der Waals surface area contributed by atoms with E-state index in [9.17, 15) is 9.59 Å². The highest BCUT2D eigenvalue weighted by molar-refractivity contribution is 9.12. The Kier molecular flexibility index (Phi) is 5.85. The van der Waals surface area contributed by atoms with Crippen molar-refractivity contribution in [3.05, 3.63) is 75.1 Å². The number of aromatic nitrogens is 1. The second-order valence-electron chi connectivity index (χ2n) is 4.40. The fraction of sp³-hybridized carbons (Fsp3) is 0.0625. The molecular weight excluding hydrogens is 346 g/mol. The molecule has 0 spiro atoms. The van der Waals surface area contributed by atoms with Crippen molar-refractivity contribution in [2.24, 2.45) is 5.10 Å². The Balaban J connectivity index is 1.89. The Labute approximate surface area is 136 Å². The highest BCUT2D eigenvalue weighted by Gasteiger charge is 2.01. The molecule has 112 valence electrons. The zero-order valence-electron chi connectivity index (χ0n) is 11.6. The van der Waals surface area contributed by atoms with Crippen molar-refractivity contribution in [1.29, 1.82) is 0 Å². The highest BCUT2D eigenvalue weighted by atomic mass is 79.9. The minimum Gasteiger partial charge on any atom is -0.306 e. The maximum Gasteiger partial charge on any atom is 0.260 e. The van der Waals surface area contributed by atoms with Crippen LogP contribution in [0.5, 0.6) is 0 Å². The first-order valence-corrected chi connectivity index (χ1v) is 7.34. The summed E-state index contributed by atoms with van der Waals surface area (Å²) in [5.41, 5.74) is 3.16. The summed E-state index contributed by atoms with van der Waals surface area (Å²) in [5.74, 6) is -0.371. The summed E-state index contributed by atoms with van der Waals surface area (Å²) in [6, 6.07) is 14.4. The minimum absolute atomic E-state index is 0.0724. The Morgan fingerprint density at radius 3 is 2.64 bits per heavy atom. The second-order valence-corrected chi connectivity index (χ2v) is 5.32. The number of pyridine rings is 1. The number of nitrogens with zero attached hydrogens (tertiary/aromatic N) is 2. The average molecular weight is 360 g/mol. The van der Waals surface area contributed by atoms with Gasteiger partial charge in [-0.25, -0.2) is 5.43 Å². The third-order valence-corrected chi connectivity index (χ3v) is 3.13. The van der Waals surface area contributed by atoms with Crippen LogP contribution in [-0.4, -0.2) is 16.7 Å². The van der Waals surface area contributed by atoms with Gasteiger partial charge in [-0.05, 0) is 33.6 Å². The van der Waals surface area contributed by atoms with Crippen LogP contribution in [0.15, 0.2) is 69.1 Å². The molecule has 0 aliphatic carbocycles. The topological polar surface area (TPSA) is 63.5 Å². The van der Waals surface area contributed by atoms with E-state index >= 15 is 0 Å². The number of carbonyl (C=O) groups is 1. The van der Waals surface area contributed by atoms with Gasteiger partial charge in [0.05, 0.1) is 6.21 Å². The molecule has 0 saturated heterocycles. The lowest BCUT2D eigenvalue weighted by Crippen LogP contribution is -2.28. The number of allylic oxidation sites excluding steroid dienone is 1. The van der Waals surface area contributed by atoms with Crippen LogP contribution in [-0.2, 0) is 11.3 Å². The molecule has 0 aliphatic rings. The number of halogens is 1. The lowest BCUT2D eigenvalue weighted by atomic mass is 10.2. The predicted molar refractivity (Wildman–Crippen MR) is 90.7 cm³/mol. The normalized spacial score (nSPS) is 11.6. The van der Waals surface area contributed by atoms with Crippen LogP contribution in [0.1, 0.15) is 5.56 Å². The summed E-state index contributed by atoms with van der Waals surface area (Å²) in [7, 11) is 0. The standard InChI is InChI=1S/C16H14BrN3O2/c17-14(10-13-6-2-1-3-7-13)11-18-19-15(21)12-20-9-5-4-8-16(20)22/h1-11H,12H2,(H,19,21)/b14-10-,18-11-. The maximum absolute atomic E-state index is 11.7. The van der Waals surface area contributed by atoms with Gasteiger partial charge in [-0.1, -0.05) is 36.4 Å². The molecule has 0 saturated carbocycles. The first-order chi connectivity index (χ1) is 10.6. The third-order valence-electron chi connectivity index (χ3n) is 2.69. The summed E-state index contributed by atoms with van der Waals surface area (Å²) in [6.45, 7) is -0.0724. The van der Waals surface area contributed by atoms with Crippen molar-refractivity contribution in [1.82, 2.24) is 9.99 Å². The smallest absolute Gasteiger partial charge is 0.260 e. The van der Waals surface area contributed by atoms with E-state index in [2.05, 4.69) is 26.5 Å². The van der Waals surface area contributed by atoms with Gasteiger partial charge in [0, 0.05) is 16.7 Å². The average Bonchev–Trinajstić information content (AvgIpc) is 2.50. The number of rotatable bonds is 5. The van der Waals surface area contributed by atoms with Crippen LogP contribution in [0.3, 0.4) is 0 Å². The van der Waals surface area contributed by atoms with Crippen molar-refractivity contribution in [2.75, 3.05) is 0 Å². The van der Waals surface area contributed by atoms with Crippen molar-refractivity contribution < 1.29 is 4.79 Å². The van der Waals surface area contributed by atoms with Crippen LogP contribution in [0.2, 0.25) is 0 Å². The van der Waals surface area contributed by atoms with Crippen molar-refractivity contribution >= 4 is 34.1 Å². The minimum atomic E-state index is -0.371. The van der Waals surface area contributed by atoms with E-state index in [-0.39, 0.29) is 18.0 Å². The zero-order valence-corrected chi connectivity index (χ0v) is 13.2. The quantitative estimate of drug-likeness (QED) is 0.657. The predicted octanol–water partition coefficient (Wildman–Crippen LogP) is 2.39. The van der Waals surface area contributed by atoms with Gasteiger partial charge in [0.15, 0.2) is 0 Å². The molecule has 6 heteroatoms. The van der Waals surface area contributed by atoms with Crippen LogP contribution < -0.4 is 11.0 Å². The summed E-state index contributed by atoms with van der Waals surface area (Å²) < 4.78 is 2.02. The molecule has 0 radical (unpaired) electrons. The SMILES string of the molecule is O=C(Cn1ccccc1=O)N/N=C\C(Br)=C\c1ccccc1. The molecule has 1 aromatic carbocycles. The first kappa shape index (κ1) is 15.9. The molecule has 1 N–H and O–H groups in total. The summed E-state index contributed by atoms with van der Waals surface area (Å²) in [5, 5.41) is 3.84. The van der Waals surface area contributed by atoms with E-state index < -0.39 is 0 Å². The van der Waals surface area contributed by atoms with Gasteiger partial charge < -0.3 is 4.57 Å². The fourth-order valence-electron chi connectivity index (χ4n) is 1.69. The van der Waals surface area contributed by atoms with Gasteiger partial charge in [-0.15, -0.1) is 0 Å². The van der Waals surface area contributed by atoms with Crippen LogP contribution in [0.25, 0.3) is 6.08 Å². The van der Waals surface area contributed by atoms with Gasteiger partial charge in [-0.2, -0.15) is 5.10 Å². The van der Waals surface area contributed by atoms with Gasteiger partial charge in [0.2, 0.25) is 0 Å². The van der Waals surface area contributed by atoms with E-state index in [0.717, 1.165) is 10.0 Å². The second kappa shape index (κ2) is 8.09. The molecule has 2 aromatic rings. The molecule has 0 unspecified atom stereocenters. The Morgan fingerprint density at radius 2 is 1.91 bits per heavy atom. The van der Waals surface area contributed by atoms with Crippen LogP contribution in [0, 0.1) is 0 Å². The zero-order chi connectivity index (χ0) is 15.8. The number of carbonyl (C=O) groups excluding carboxylic acids is 1. The molecule has 1 aromatic heterocycles. The number of hydrogen-bond acceptors (Lipinski definition) is 3. The van der Waals surface area contributed by atoms with Gasteiger partial charge in [0.25, 0.3) is 11.5 Å². The molecule has 22 heavy (non-hydrogen) atoms. The monoisotopic (exact) mass is 359 g/mol. The fourth-order valence-corrected chi connectivity index (χ4v) is 2.06. The molecule has 0 fully saturated rings. The summed E-state index contributed by atoms with van der Waals surface area (Å²) >= 11 is 3.35. The number of hydrogen-bond donors (Lipinski definition) is 1. The number of hydrazone groups is 1. The maximum atomic E-state index is 11.7. The Hall–Kier alpha value is -2.47. The largest absolute Gasteiger partial charge is 0.306 e. The van der Waals surface area contributed by atoms with Gasteiger partial charge in [0.1, 0.15) is 6.54 Å². The molecular formula is C16H14BrN3O2. The number of benzene rings is 1. The number of nitrogens with one attached hydrogen (secondary N) is 1. The van der Waals surface area contributed by atoms with Crippen molar-refractivity contribution in [3.8, 4) is 0 Å². The van der Waals surface area contributed by atoms with Crippen molar-refractivity contribution in [3.63, 3.8) is 0 Å². The third kappa shape index (κ3) is 5.14. The Morgan fingerprint density at radius 1 is 1.18 bits per heavy atom. The van der Waals surface area contributed by atoms with Gasteiger partial charge >= 0.3 is 0 Å². The molecule has 0 aliphatic heterocycles. The number of amides is 1. The molecule has 0 bridgehead atoms. The Bertz CT molecular complexity index is 751. The molecule has 0 atom stereocenters. The first-order valence-electron chi connectivity index (χ1n) is 6.55. The van der Waals surface area contributed by atoms with E-state index in [1.54, 1.807) is 18.3 Å². The molecule has 1 heterocycles. The molecule has 2 rings (SSSR count).